The maximum Gasteiger partial charge on any atom is 0.332 e. The van der Waals surface area contributed by atoms with Crippen LogP contribution in [-0.2, 0) is 20.6 Å². The van der Waals surface area contributed by atoms with Gasteiger partial charge in [-0.05, 0) is 44.7 Å². The number of rotatable bonds is 7. The minimum atomic E-state index is -0.346. The lowest BCUT2D eigenvalue weighted by atomic mass is 10.1. The zero-order chi connectivity index (χ0) is 24.5. The number of imidazole rings is 1. The predicted molar refractivity (Wildman–Crippen MR) is 138 cm³/mol. The third kappa shape index (κ3) is 4.40. The van der Waals surface area contributed by atoms with Crippen LogP contribution < -0.4 is 16.1 Å². The van der Waals surface area contributed by atoms with Crippen molar-refractivity contribution in [2.45, 2.75) is 44.3 Å². The summed E-state index contributed by atoms with van der Waals surface area (Å²) < 4.78 is 6.52. The van der Waals surface area contributed by atoms with Crippen LogP contribution in [0.25, 0.3) is 16.9 Å². The second kappa shape index (κ2) is 9.73. The smallest absolute Gasteiger partial charge is 0.332 e. The Morgan fingerprint density at radius 1 is 1.00 bits per heavy atom. The van der Waals surface area contributed by atoms with Crippen LogP contribution in [0.2, 0.25) is 0 Å². The molecule has 0 bridgehead atoms. The number of aryl methyl sites for hydroxylation is 3. The third-order valence-corrected chi connectivity index (χ3v) is 7.52. The summed E-state index contributed by atoms with van der Waals surface area (Å²) in [6.07, 6.45) is 5.77. The van der Waals surface area contributed by atoms with Gasteiger partial charge in [0.15, 0.2) is 16.3 Å². The van der Waals surface area contributed by atoms with Gasteiger partial charge in [0, 0.05) is 39.5 Å². The molecule has 1 fully saturated rings. The zero-order valence-corrected chi connectivity index (χ0v) is 21.2. The Morgan fingerprint density at radius 3 is 2.49 bits per heavy atom. The molecule has 4 aromatic rings. The van der Waals surface area contributed by atoms with Gasteiger partial charge in [0.05, 0.1) is 12.0 Å². The summed E-state index contributed by atoms with van der Waals surface area (Å²) in [6, 6.07) is 8.40. The second-order valence-electron chi connectivity index (χ2n) is 9.03. The highest BCUT2D eigenvalue weighted by Crippen LogP contribution is 2.28. The zero-order valence-electron chi connectivity index (χ0n) is 20.3. The third-order valence-electron chi connectivity index (χ3n) is 6.51. The molecule has 0 amide bonds. The highest BCUT2D eigenvalue weighted by molar-refractivity contribution is 7.99. The number of hydrogen-bond donors (Lipinski definition) is 0. The van der Waals surface area contributed by atoms with Crippen LogP contribution >= 0.6 is 11.8 Å². The van der Waals surface area contributed by atoms with E-state index in [1.165, 1.54) is 21.1 Å². The number of benzene rings is 1. The molecule has 0 N–H and O–H groups in total. The maximum absolute atomic E-state index is 12.9. The summed E-state index contributed by atoms with van der Waals surface area (Å²) in [5, 5.41) is 9.89. The largest absolute Gasteiger partial charge is 0.341 e. The Hall–Kier alpha value is -3.34. The molecule has 0 radical (unpaired) electrons. The van der Waals surface area contributed by atoms with Crippen molar-refractivity contribution in [3.8, 4) is 5.69 Å². The van der Waals surface area contributed by atoms with Crippen LogP contribution in [0.5, 0.6) is 0 Å². The topological polar surface area (TPSA) is 95.8 Å². The molecule has 4 heterocycles. The van der Waals surface area contributed by atoms with Gasteiger partial charge < -0.3 is 9.47 Å². The minimum absolute atomic E-state index is 0.302. The molecule has 184 valence electrons. The lowest BCUT2D eigenvalue weighted by Gasteiger charge is -2.27. The van der Waals surface area contributed by atoms with E-state index in [1.54, 1.807) is 36.8 Å². The average Bonchev–Trinajstić information content (AvgIpc) is 3.47. The van der Waals surface area contributed by atoms with Crippen molar-refractivity contribution in [3.05, 3.63) is 57.0 Å². The van der Waals surface area contributed by atoms with Crippen molar-refractivity contribution in [1.29, 1.82) is 0 Å². The normalized spacial score (nSPS) is 14.2. The molecule has 1 saturated heterocycles. The molecule has 3 aromatic heterocycles. The number of fused-ring (bicyclic) bond motifs is 1. The second-order valence-corrected chi connectivity index (χ2v) is 10.1. The van der Waals surface area contributed by atoms with Crippen molar-refractivity contribution in [3.63, 3.8) is 0 Å². The summed E-state index contributed by atoms with van der Waals surface area (Å²) in [5.74, 6) is 1.58. The predicted octanol–water partition coefficient (Wildman–Crippen LogP) is 2.50. The van der Waals surface area contributed by atoms with E-state index >= 15 is 0 Å². The molecule has 0 saturated carbocycles. The lowest BCUT2D eigenvalue weighted by molar-refractivity contribution is 0.564. The molecule has 0 spiro atoms. The fraction of sp³-hybridized carbons (Fsp3) is 0.458. The van der Waals surface area contributed by atoms with Crippen LogP contribution in [-0.4, -0.2) is 52.3 Å². The summed E-state index contributed by atoms with van der Waals surface area (Å²) in [5.41, 5.74) is 2.43. The number of hydrogen-bond acceptors (Lipinski definition) is 7. The molecule has 1 aliphatic heterocycles. The number of piperidine rings is 1. The summed E-state index contributed by atoms with van der Waals surface area (Å²) in [7, 11) is 3.41. The van der Waals surface area contributed by atoms with E-state index in [0.29, 0.717) is 29.9 Å². The molecular formula is C24H30N8O2S. The van der Waals surface area contributed by atoms with Gasteiger partial charge in [0.1, 0.15) is 0 Å². The highest BCUT2D eigenvalue weighted by Gasteiger charge is 2.22. The Balaban J connectivity index is 1.36. The fourth-order valence-electron chi connectivity index (χ4n) is 4.55. The Morgan fingerprint density at radius 2 is 1.74 bits per heavy atom. The summed E-state index contributed by atoms with van der Waals surface area (Å²) >= 11 is 1.60. The van der Waals surface area contributed by atoms with Crippen molar-refractivity contribution in [1.82, 2.24) is 33.4 Å². The van der Waals surface area contributed by atoms with Gasteiger partial charge in [-0.2, -0.15) is 0 Å². The summed E-state index contributed by atoms with van der Waals surface area (Å²) in [4.78, 5) is 32.2. The molecule has 0 unspecified atom stereocenters. The maximum atomic E-state index is 12.9. The molecule has 10 nitrogen and oxygen atoms in total. The monoisotopic (exact) mass is 494 g/mol. The quantitative estimate of drug-likeness (QED) is 0.288. The Kier molecular flexibility index (Phi) is 6.50. The Labute approximate surface area is 207 Å². The fourth-order valence-corrected chi connectivity index (χ4v) is 5.42. The van der Waals surface area contributed by atoms with Crippen LogP contribution in [0.1, 0.15) is 31.2 Å². The van der Waals surface area contributed by atoms with Gasteiger partial charge in [-0.3, -0.25) is 18.5 Å². The number of nitrogens with zero attached hydrogens (tertiary/aromatic N) is 8. The summed E-state index contributed by atoms with van der Waals surface area (Å²) in [6.45, 7) is 4.37. The van der Waals surface area contributed by atoms with Crippen molar-refractivity contribution < 1.29 is 0 Å². The van der Waals surface area contributed by atoms with Crippen LogP contribution in [0.4, 0.5) is 5.95 Å². The SMILES string of the molecule is Cc1ccc(-n2c(SCCCn3c(=O)c4c(ncn4C)n(C)c3=O)nnc2N2CCCCC2)cc1. The van der Waals surface area contributed by atoms with Crippen LogP contribution in [0.15, 0.2) is 45.3 Å². The van der Waals surface area contributed by atoms with E-state index in [-0.39, 0.29) is 11.2 Å². The minimum Gasteiger partial charge on any atom is -0.341 e. The van der Waals surface area contributed by atoms with Gasteiger partial charge in [0.2, 0.25) is 5.95 Å². The molecule has 0 aliphatic carbocycles. The van der Waals surface area contributed by atoms with Gasteiger partial charge in [-0.15, -0.1) is 10.2 Å². The van der Waals surface area contributed by atoms with Gasteiger partial charge in [-0.1, -0.05) is 29.5 Å². The van der Waals surface area contributed by atoms with E-state index < -0.39 is 0 Å². The van der Waals surface area contributed by atoms with E-state index in [1.807, 2.05) is 0 Å². The molecular weight excluding hydrogens is 464 g/mol. The first-order chi connectivity index (χ1) is 17.0. The van der Waals surface area contributed by atoms with E-state index in [4.69, 9.17) is 0 Å². The average molecular weight is 495 g/mol. The first-order valence-corrected chi connectivity index (χ1v) is 13.0. The van der Waals surface area contributed by atoms with Gasteiger partial charge in [0.25, 0.3) is 5.56 Å². The van der Waals surface area contributed by atoms with Crippen LogP contribution in [0.3, 0.4) is 0 Å². The van der Waals surface area contributed by atoms with E-state index in [9.17, 15) is 9.59 Å². The number of aromatic nitrogens is 7. The highest BCUT2D eigenvalue weighted by atomic mass is 32.2. The molecule has 11 heteroatoms. The number of anilines is 1. The van der Waals surface area contributed by atoms with Crippen LogP contribution in [0, 0.1) is 6.92 Å². The van der Waals surface area contributed by atoms with Crippen molar-refractivity contribution >= 4 is 28.9 Å². The Bertz CT molecular complexity index is 1460. The van der Waals surface area contributed by atoms with Crippen molar-refractivity contribution in [2.75, 3.05) is 23.7 Å². The molecule has 1 aromatic carbocycles. The van der Waals surface area contributed by atoms with Gasteiger partial charge >= 0.3 is 5.69 Å². The van der Waals surface area contributed by atoms with Crippen molar-refractivity contribution in [2.24, 2.45) is 14.1 Å². The molecule has 0 atom stereocenters. The standard InChI is InChI=1S/C24H30N8O2S/c1-17-8-10-18(11-9-17)32-22(30-12-5-4-6-13-30)26-27-23(32)35-15-7-14-31-21(33)19-20(25-16-28(19)2)29(3)24(31)34/h8-11,16H,4-7,12-15H2,1-3H3. The first kappa shape index (κ1) is 23.4. The lowest BCUT2D eigenvalue weighted by Crippen LogP contribution is -2.39. The van der Waals surface area contributed by atoms with E-state index in [2.05, 4.69) is 55.8 Å². The van der Waals surface area contributed by atoms with Gasteiger partial charge in [-0.25, -0.2) is 9.78 Å². The molecule has 5 rings (SSSR count). The first-order valence-electron chi connectivity index (χ1n) is 12.0. The molecule has 35 heavy (non-hydrogen) atoms. The number of thioether (sulfide) groups is 1. The molecule has 1 aliphatic rings. The van der Waals surface area contributed by atoms with E-state index in [0.717, 1.165) is 42.7 Å².